The highest BCUT2D eigenvalue weighted by Gasteiger charge is 2.10. The van der Waals surface area contributed by atoms with Crippen LogP contribution < -0.4 is 5.32 Å². The minimum Gasteiger partial charge on any atom is -0.356 e. The number of likely N-dealkylation sites (tertiary alicyclic amines) is 1. The number of hydrogen-bond acceptors (Lipinski definition) is 2. The van der Waals surface area contributed by atoms with E-state index in [1.54, 1.807) is 0 Å². The SMILES string of the molecule is C=CCCCCCN(C)C(=NC)NCCCN1CCCC1. The Balaban J connectivity index is 2.07. The highest BCUT2D eigenvalue weighted by molar-refractivity contribution is 5.79. The molecule has 21 heavy (non-hydrogen) atoms. The van der Waals surface area contributed by atoms with Crippen molar-refractivity contribution in [2.45, 2.75) is 44.9 Å². The summed E-state index contributed by atoms with van der Waals surface area (Å²) < 4.78 is 0. The van der Waals surface area contributed by atoms with Gasteiger partial charge in [0, 0.05) is 27.2 Å². The largest absolute Gasteiger partial charge is 0.356 e. The maximum Gasteiger partial charge on any atom is 0.193 e. The van der Waals surface area contributed by atoms with E-state index < -0.39 is 0 Å². The quantitative estimate of drug-likeness (QED) is 0.291. The van der Waals surface area contributed by atoms with Gasteiger partial charge >= 0.3 is 0 Å². The first kappa shape index (κ1) is 18.0. The summed E-state index contributed by atoms with van der Waals surface area (Å²) in [5.41, 5.74) is 0. The maximum atomic E-state index is 4.37. The van der Waals surface area contributed by atoms with E-state index in [9.17, 15) is 0 Å². The lowest BCUT2D eigenvalue weighted by Crippen LogP contribution is -2.40. The number of allylic oxidation sites excluding steroid dienone is 1. The normalized spacial score (nSPS) is 16.2. The number of aliphatic imine (C=N–C) groups is 1. The van der Waals surface area contributed by atoms with Crippen LogP contribution in [0, 0.1) is 0 Å². The predicted octanol–water partition coefficient (Wildman–Crippen LogP) is 2.73. The van der Waals surface area contributed by atoms with Gasteiger partial charge in [-0.05, 0) is 58.2 Å². The van der Waals surface area contributed by atoms with Gasteiger partial charge in [-0.1, -0.05) is 12.5 Å². The second kappa shape index (κ2) is 11.6. The number of nitrogens with zero attached hydrogens (tertiary/aromatic N) is 3. The van der Waals surface area contributed by atoms with Gasteiger partial charge in [-0.2, -0.15) is 0 Å². The smallest absolute Gasteiger partial charge is 0.193 e. The third-order valence-electron chi connectivity index (χ3n) is 4.11. The molecule has 0 spiro atoms. The zero-order valence-electron chi connectivity index (χ0n) is 14.1. The molecule has 4 nitrogen and oxygen atoms in total. The summed E-state index contributed by atoms with van der Waals surface area (Å²) in [6, 6.07) is 0. The van der Waals surface area contributed by atoms with Crippen LogP contribution in [-0.2, 0) is 0 Å². The van der Waals surface area contributed by atoms with Crippen LogP contribution in [0.25, 0.3) is 0 Å². The second-order valence-corrected chi connectivity index (χ2v) is 5.94. The van der Waals surface area contributed by atoms with Gasteiger partial charge in [-0.15, -0.1) is 6.58 Å². The third kappa shape index (κ3) is 8.10. The minimum atomic E-state index is 1.02. The van der Waals surface area contributed by atoms with Gasteiger partial charge in [0.1, 0.15) is 0 Å². The van der Waals surface area contributed by atoms with Crippen molar-refractivity contribution >= 4 is 5.96 Å². The fourth-order valence-corrected chi connectivity index (χ4v) is 2.81. The molecule has 1 N–H and O–H groups in total. The Kier molecular flexibility index (Phi) is 9.96. The van der Waals surface area contributed by atoms with Crippen molar-refractivity contribution in [3.63, 3.8) is 0 Å². The molecule has 0 radical (unpaired) electrons. The van der Waals surface area contributed by atoms with Crippen molar-refractivity contribution in [1.82, 2.24) is 15.1 Å². The average Bonchev–Trinajstić information content (AvgIpc) is 3.00. The average molecular weight is 294 g/mol. The molecule has 1 aliphatic rings. The van der Waals surface area contributed by atoms with E-state index in [2.05, 4.69) is 33.7 Å². The highest BCUT2D eigenvalue weighted by Crippen LogP contribution is 2.07. The number of nitrogens with one attached hydrogen (secondary N) is 1. The Bertz CT molecular complexity index is 295. The third-order valence-corrected chi connectivity index (χ3v) is 4.11. The van der Waals surface area contributed by atoms with E-state index >= 15 is 0 Å². The molecule has 1 saturated heterocycles. The highest BCUT2D eigenvalue weighted by atomic mass is 15.3. The molecule has 1 fully saturated rings. The van der Waals surface area contributed by atoms with E-state index in [1.165, 1.54) is 58.2 Å². The van der Waals surface area contributed by atoms with Gasteiger partial charge in [-0.25, -0.2) is 0 Å². The molecule has 1 rings (SSSR count). The fourth-order valence-electron chi connectivity index (χ4n) is 2.81. The molecule has 0 aromatic carbocycles. The molecule has 4 heteroatoms. The molecule has 0 atom stereocenters. The number of hydrogen-bond donors (Lipinski definition) is 1. The summed E-state index contributed by atoms with van der Waals surface area (Å²) >= 11 is 0. The minimum absolute atomic E-state index is 1.02. The molecule has 122 valence electrons. The molecule has 0 bridgehead atoms. The Labute approximate surface area is 131 Å². The predicted molar refractivity (Wildman–Crippen MR) is 92.9 cm³/mol. The Morgan fingerprint density at radius 2 is 2.00 bits per heavy atom. The molecule has 0 aliphatic carbocycles. The summed E-state index contributed by atoms with van der Waals surface area (Å²) in [5, 5.41) is 3.48. The summed E-state index contributed by atoms with van der Waals surface area (Å²) in [5.74, 6) is 1.03. The molecule has 0 aromatic rings. The first-order valence-electron chi connectivity index (χ1n) is 8.53. The summed E-state index contributed by atoms with van der Waals surface area (Å²) in [7, 11) is 4.00. The van der Waals surface area contributed by atoms with E-state index in [0.717, 1.165) is 25.5 Å². The van der Waals surface area contributed by atoms with Crippen molar-refractivity contribution in [2.24, 2.45) is 4.99 Å². The molecule has 1 aliphatic heterocycles. The van der Waals surface area contributed by atoms with Crippen molar-refractivity contribution in [1.29, 1.82) is 0 Å². The van der Waals surface area contributed by atoms with Crippen LogP contribution in [-0.4, -0.2) is 62.6 Å². The van der Waals surface area contributed by atoms with E-state index in [-0.39, 0.29) is 0 Å². The number of unbranched alkanes of at least 4 members (excludes halogenated alkanes) is 3. The number of guanidine groups is 1. The molecule has 0 amide bonds. The maximum absolute atomic E-state index is 4.37. The van der Waals surface area contributed by atoms with Crippen LogP contribution in [0.1, 0.15) is 44.9 Å². The van der Waals surface area contributed by atoms with Crippen molar-refractivity contribution < 1.29 is 0 Å². The molecule has 1 heterocycles. The van der Waals surface area contributed by atoms with Crippen LogP contribution in [0.5, 0.6) is 0 Å². The van der Waals surface area contributed by atoms with Crippen LogP contribution in [0.2, 0.25) is 0 Å². The van der Waals surface area contributed by atoms with Gasteiger partial charge in [0.05, 0.1) is 0 Å². The second-order valence-electron chi connectivity index (χ2n) is 5.94. The summed E-state index contributed by atoms with van der Waals surface area (Å²) in [6.45, 7) is 9.65. The lowest BCUT2D eigenvalue weighted by molar-refractivity contribution is 0.333. The lowest BCUT2D eigenvalue weighted by Gasteiger charge is -2.22. The van der Waals surface area contributed by atoms with Crippen LogP contribution in [0.3, 0.4) is 0 Å². The zero-order valence-corrected chi connectivity index (χ0v) is 14.1. The Hall–Kier alpha value is -1.03. The van der Waals surface area contributed by atoms with Crippen molar-refractivity contribution in [3.05, 3.63) is 12.7 Å². The van der Waals surface area contributed by atoms with Crippen molar-refractivity contribution in [2.75, 3.05) is 46.8 Å². The molecular formula is C17H34N4. The monoisotopic (exact) mass is 294 g/mol. The van der Waals surface area contributed by atoms with E-state index in [0.29, 0.717) is 0 Å². The molecule has 0 aromatic heterocycles. The standard InChI is InChI=1S/C17H34N4/c1-4-5-6-7-8-13-20(3)17(18-2)19-12-11-16-21-14-9-10-15-21/h4H,1,5-16H2,2-3H3,(H,18,19). The van der Waals surface area contributed by atoms with Gasteiger partial charge in [0.2, 0.25) is 0 Å². The fraction of sp³-hybridized carbons (Fsp3) is 0.824. The summed E-state index contributed by atoms with van der Waals surface area (Å²) in [6.07, 6.45) is 10.8. The Morgan fingerprint density at radius 3 is 2.67 bits per heavy atom. The first-order valence-corrected chi connectivity index (χ1v) is 8.53. The zero-order chi connectivity index (χ0) is 15.3. The van der Waals surface area contributed by atoms with Crippen LogP contribution in [0.4, 0.5) is 0 Å². The molecular weight excluding hydrogens is 260 g/mol. The molecule has 0 unspecified atom stereocenters. The lowest BCUT2D eigenvalue weighted by atomic mass is 10.2. The topological polar surface area (TPSA) is 30.9 Å². The van der Waals surface area contributed by atoms with Gasteiger partial charge < -0.3 is 15.1 Å². The van der Waals surface area contributed by atoms with Gasteiger partial charge in [-0.3, -0.25) is 4.99 Å². The van der Waals surface area contributed by atoms with Crippen molar-refractivity contribution in [3.8, 4) is 0 Å². The van der Waals surface area contributed by atoms with E-state index in [4.69, 9.17) is 0 Å². The first-order chi connectivity index (χ1) is 10.3. The van der Waals surface area contributed by atoms with Gasteiger partial charge in [0.15, 0.2) is 5.96 Å². The van der Waals surface area contributed by atoms with Crippen LogP contribution in [0.15, 0.2) is 17.6 Å². The van der Waals surface area contributed by atoms with Gasteiger partial charge in [0.25, 0.3) is 0 Å². The molecule has 0 saturated carbocycles. The summed E-state index contributed by atoms with van der Waals surface area (Å²) in [4.78, 5) is 9.18. The van der Waals surface area contributed by atoms with Crippen LogP contribution >= 0.6 is 0 Å². The Morgan fingerprint density at radius 1 is 1.24 bits per heavy atom. The number of rotatable bonds is 10. The van der Waals surface area contributed by atoms with E-state index in [1.807, 2.05) is 13.1 Å².